The third kappa shape index (κ3) is 4.76. The fraction of sp³-hybridized carbons (Fsp3) is 0.333. The minimum atomic E-state index is -0.255. The van der Waals surface area contributed by atoms with E-state index in [4.69, 9.17) is 4.74 Å². The van der Waals surface area contributed by atoms with E-state index < -0.39 is 0 Å². The molecule has 0 aliphatic carbocycles. The standard InChI is InChI=1S/C21H23BrN2O3/c1-2-24(13-15-11-12-27-14-15)21(26)17-8-4-6-10-19(17)23-20(25)16-7-3-5-9-18(16)22/h3-10,15H,2,11-14H2,1H3,(H,23,25). The van der Waals surface area contributed by atoms with Crippen molar-refractivity contribution < 1.29 is 14.3 Å². The maximum absolute atomic E-state index is 13.1. The van der Waals surface area contributed by atoms with Crippen molar-refractivity contribution in [2.75, 3.05) is 31.6 Å². The highest BCUT2D eigenvalue weighted by Gasteiger charge is 2.24. The number of halogens is 1. The van der Waals surface area contributed by atoms with E-state index in [1.807, 2.05) is 36.1 Å². The predicted molar refractivity (Wildman–Crippen MR) is 109 cm³/mol. The molecule has 0 aromatic heterocycles. The molecule has 1 unspecified atom stereocenters. The molecule has 0 spiro atoms. The van der Waals surface area contributed by atoms with Crippen molar-refractivity contribution >= 4 is 33.4 Å². The van der Waals surface area contributed by atoms with Gasteiger partial charge < -0.3 is 15.0 Å². The highest BCUT2D eigenvalue weighted by atomic mass is 79.9. The van der Waals surface area contributed by atoms with Gasteiger partial charge in [0.25, 0.3) is 11.8 Å². The second kappa shape index (κ2) is 9.15. The highest BCUT2D eigenvalue weighted by molar-refractivity contribution is 9.10. The van der Waals surface area contributed by atoms with Crippen molar-refractivity contribution in [2.45, 2.75) is 13.3 Å². The molecule has 2 aromatic carbocycles. The number of carbonyl (C=O) groups is 2. The molecule has 27 heavy (non-hydrogen) atoms. The first-order valence-electron chi connectivity index (χ1n) is 9.12. The van der Waals surface area contributed by atoms with Crippen LogP contribution in [0.1, 0.15) is 34.1 Å². The first-order chi connectivity index (χ1) is 13.1. The van der Waals surface area contributed by atoms with Crippen LogP contribution in [0.25, 0.3) is 0 Å². The molecular formula is C21H23BrN2O3. The van der Waals surface area contributed by atoms with Crippen LogP contribution in [-0.4, -0.2) is 43.0 Å². The number of rotatable bonds is 6. The van der Waals surface area contributed by atoms with Crippen molar-refractivity contribution in [3.05, 3.63) is 64.1 Å². The van der Waals surface area contributed by atoms with Gasteiger partial charge in [-0.25, -0.2) is 0 Å². The summed E-state index contributed by atoms with van der Waals surface area (Å²) in [7, 11) is 0. The van der Waals surface area contributed by atoms with Gasteiger partial charge in [-0.3, -0.25) is 9.59 Å². The summed E-state index contributed by atoms with van der Waals surface area (Å²) in [5.74, 6) is 0.0401. The lowest BCUT2D eigenvalue weighted by Crippen LogP contribution is -2.36. The minimum absolute atomic E-state index is 0.0765. The van der Waals surface area contributed by atoms with Crippen LogP contribution in [0.2, 0.25) is 0 Å². The molecule has 1 N–H and O–H groups in total. The molecule has 5 nitrogen and oxygen atoms in total. The summed E-state index contributed by atoms with van der Waals surface area (Å²) < 4.78 is 6.14. The van der Waals surface area contributed by atoms with E-state index in [2.05, 4.69) is 21.2 Å². The topological polar surface area (TPSA) is 58.6 Å². The largest absolute Gasteiger partial charge is 0.381 e. The van der Waals surface area contributed by atoms with Gasteiger partial charge in [0.15, 0.2) is 0 Å². The van der Waals surface area contributed by atoms with Gasteiger partial charge in [-0.2, -0.15) is 0 Å². The second-order valence-corrected chi connectivity index (χ2v) is 7.41. The van der Waals surface area contributed by atoms with E-state index in [1.165, 1.54) is 0 Å². The predicted octanol–water partition coefficient (Wildman–Crippen LogP) is 4.20. The first-order valence-corrected chi connectivity index (χ1v) is 9.91. The lowest BCUT2D eigenvalue weighted by molar-refractivity contribution is 0.0732. The maximum Gasteiger partial charge on any atom is 0.256 e. The number of anilines is 1. The van der Waals surface area contributed by atoms with Gasteiger partial charge in [0.1, 0.15) is 0 Å². The molecule has 2 aromatic rings. The average molecular weight is 431 g/mol. The Kier molecular flexibility index (Phi) is 6.63. The molecule has 2 amide bonds. The van der Waals surface area contributed by atoms with Crippen molar-refractivity contribution in [3.63, 3.8) is 0 Å². The number of para-hydroxylation sites is 1. The van der Waals surface area contributed by atoms with Gasteiger partial charge in [-0.05, 0) is 53.5 Å². The normalized spacial score (nSPS) is 16.1. The van der Waals surface area contributed by atoms with E-state index in [9.17, 15) is 9.59 Å². The molecule has 1 aliphatic rings. The maximum atomic E-state index is 13.1. The Labute approximate surface area is 167 Å². The molecule has 3 rings (SSSR count). The van der Waals surface area contributed by atoms with Gasteiger partial charge in [0.05, 0.1) is 23.4 Å². The Bertz CT molecular complexity index is 819. The summed E-state index contributed by atoms with van der Waals surface area (Å²) >= 11 is 3.39. The van der Waals surface area contributed by atoms with Crippen LogP contribution >= 0.6 is 15.9 Å². The number of benzene rings is 2. The number of hydrogen-bond acceptors (Lipinski definition) is 3. The van der Waals surface area contributed by atoms with Crippen molar-refractivity contribution in [2.24, 2.45) is 5.92 Å². The molecule has 0 bridgehead atoms. The fourth-order valence-corrected chi connectivity index (χ4v) is 3.64. The Morgan fingerprint density at radius 2 is 1.85 bits per heavy atom. The number of ether oxygens (including phenoxy) is 1. The Morgan fingerprint density at radius 1 is 1.15 bits per heavy atom. The van der Waals surface area contributed by atoms with Gasteiger partial charge in [0, 0.05) is 30.1 Å². The highest BCUT2D eigenvalue weighted by Crippen LogP contribution is 2.22. The molecule has 1 saturated heterocycles. The second-order valence-electron chi connectivity index (χ2n) is 6.55. The summed E-state index contributed by atoms with van der Waals surface area (Å²) in [6.07, 6.45) is 0.976. The SMILES string of the molecule is CCN(CC1CCOC1)C(=O)c1ccccc1NC(=O)c1ccccc1Br. The van der Waals surface area contributed by atoms with Gasteiger partial charge in [-0.15, -0.1) is 0 Å². The Hall–Kier alpha value is -2.18. The van der Waals surface area contributed by atoms with E-state index >= 15 is 0 Å². The number of nitrogens with one attached hydrogen (secondary N) is 1. The number of nitrogens with zero attached hydrogens (tertiary/aromatic N) is 1. The van der Waals surface area contributed by atoms with E-state index in [-0.39, 0.29) is 11.8 Å². The molecule has 0 saturated carbocycles. The number of amides is 2. The fourth-order valence-electron chi connectivity index (χ4n) is 3.18. The Morgan fingerprint density at radius 3 is 2.52 bits per heavy atom. The molecule has 1 atom stereocenters. The lowest BCUT2D eigenvalue weighted by Gasteiger charge is -2.25. The van der Waals surface area contributed by atoms with Crippen LogP contribution in [0.3, 0.4) is 0 Å². The quantitative estimate of drug-likeness (QED) is 0.746. The minimum Gasteiger partial charge on any atom is -0.381 e. The van der Waals surface area contributed by atoms with Crippen LogP contribution in [-0.2, 0) is 4.74 Å². The van der Waals surface area contributed by atoms with Gasteiger partial charge in [-0.1, -0.05) is 24.3 Å². The molecule has 1 fully saturated rings. The molecule has 1 aliphatic heterocycles. The third-order valence-corrected chi connectivity index (χ3v) is 5.39. The van der Waals surface area contributed by atoms with Crippen LogP contribution in [0.4, 0.5) is 5.69 Å². The smallest absolute Gasteiger partial charge is 0.256 e. The van der Waals surface area contributed by atoms with E-state index in [0.29, 0.717) is 46.9 Å². The van der Waals surface area contributed by atoms with E-state index in [1.54, 1.807) is 24.3 Å². The molecule has 6 heteroatoms. The number of hydrogen-bond donors (Lipinski definition) is 1. The zero-order valence-corrected chi connectivity index (χ0v) is 16.9. The first kappa shape index (κ1) is 19.6. The van der Waals surface area contributed by atoms with Crippen LogP contribution in [0, 0.1) is 5.92 Å². The summed E-state index contributed by atoms with van der Waals surface area (Å²) in [6, 6.07) is 14.3. The summed E-state index contributed by atoms with van der Waals surface area (Å²) in [5, 5.41) is 2.88. The van der Waals surface area contributed by atoms with Crippen LogP contribution in [0.5, 0.6) is 0 Å². The molecular weight excluding hydrogens is 408 g/mol. The van der Waals surface area contributed by atoms with E-state index in [0.717, 1.165) is 13.0 Å². The number of carbonyl (C=O) groups excluding carboxylic acids is 2. The zero-order chi connectivity index (χ0) is 19.2. The van der Waals surface area contributed by atoms with Crippen molar-refractivity contribution in [1.82, 2.24) is 4.90 Å². The van der Waals surface area contributed by atoms with Crippen molar-refractivity contribution in [1.29, 1.82) is 0 Å². The molecule has 142 valence electrons. The summed E-state index contributed by atoms with van der Waals surface area (Å²) in [6.45, 7) is 4.71. The lowest BCUT2D eigenvalue weighted by atomic mass is 10.1. The van der Waals surface area contributed by atoms with Crippen molar-refractivity contribution in [3.8, 4) is 0 Å². The summed E-state index contributed by atoms with van der Waals surface area (Å²) in [4.78, 5) is 27.6. The zero-order valence-electron chi connectivity index (χ0n) is 15.3. The Balaban J connectivity index is 1.79. The molecule has 0 radical (unpaired) electrons. The summed E-state index contributed by atoms with van der Waals surface area (Å²) in [5.41, 5.74) is 1.54. The van der Waals surface area contributed by atoms with Crippen LogP contribution in [0.15, 0.2) is 53.0 Å². The monoisotopic (exact) mass is 430 g/mol. The van der Waals surface area contributed by atoms with Crippen LogP contribution < -0.4 is 5.32 Å². The molecule has 1 heterocycles. The average Bonchev–Trinajstić information content (AvgIpc) is 3.19. The third-order valence-electron chi connectivity index (χ3n) is 4.70. The van der Waals surface area contributed by atoms with Gasteiger partial charge in [0.2, 0.25) is 0 Å². The van der Waals surface area contributed by atoms with Gasteiger partial charge >= 0.3 is 0 Å².